The quantitative estimate of drug-likeness (QED) is 0.585. The standard InChI is InChI=1S/C28H26N2O5/c1-34-20-5-2-4-17(11-20)12-25-27(33)21-8-9-24(31)22(28(21)35-25)16-29-13-18-10-19(15-29)23-6-3-7-26(32)30(23)14-18/h2-9,11-12,18-19,31H,10,13-16H2,1H3/t18-,19-/m0/s1. The Morgan fingerprint density at radius 1 is 1.09 bits per heavy atom. The van der Waals surface area contributed by atoms with Crippen molar-refractivity contribution in [2.75, 3.05) is 20.2 Å². The van der Waals surface area contributed by atoms with Gasteiger partial charge in [0.15, 0.2) is 5.76 Å². The number of benzene rings is 2. The summed E-state index contributed by atoms with van der Waals surface area (Å²) in [6.45, 7) is 2.78. The van der Waals surface area contributed by atoms with Gasteiger partial charge in [0, 0.05) is 43.9 Å². The van der Waals surface area contributed by atoms with Gasteiger partial charge in [0.05, 0.1) is 18.2 Å². The molecule has 1 N–H and O–H groups in total. The second-order valence-corrected chi connectivity index (χ2v) is 9.55. The molecule has 7 nitrogen and oxygen atoms in total. The lowest BCUT2D eigenvalue weighted by Crippen LogP contribution is -2.46. The first kappa shape index (κ1) is 21.7. The molecule has 3 aliphatic heterocycles. The minimum Gasteiger partial charge on any atom is -0.507 e. The van der Waals surface area contributed by atoms with Gasteiger partial charge >= 0.3 is 0 Å². The second-order valence-electron chi connectivity index (χ2n) is 9.55. The summed E-state index contributed by atoms with van der Waals surface area (Å²) in [7, 11) is 1.60. The number of ketones is 1. The lowest BCUT2D eigenvalue weighted by atomic mass is 9.83. The maximum atomic E-state index is 13.1. The molecule has 0 aliphatic carbocycles. The Kier molecular flexibility index (Phi) is 5.22. The number of hydrogen-bond donors (Lipinski definition) is 1. The molecule has 0 spiro atoms. The molecule has 0 saturated carbocycles. The van der Waals surface area contributed by atoms with Crippen LogP contribution >= 0.6 is 0 Å². The average molecular weight is 471 g/mol. The van der Waals surface area contributed by atoms with Crippen molar-refractivity contribution in [2.24, 2.45) is 5.92 Å². The molecule has 1 fully saturated rings. The van der Waals surface area contributed by atoms with Gasteiger partial charge in [0.1, 0.15) is 17.2 Å². The Bertz CT molecular complexity index is 1420. The van der Waals surface area contributed by atoms with Gasteiger partial charge in [-0.25, -0.2) is 0 Å². The van der Waals surface area contributed by atoms with E-state index in [0.29, 0.717) is 41.6 Å². The van der Waals surface area contributed by atoms with Crippen LogP contribution in [0.4, 0.5) is 0 Å². The molecule has 0 unspecified atom stereocenters. The molecular formula is C28H26N2O5. The number of allylic oxidation sites excluding steroid dienone is 1. The number of aromatic hydroxyl groups is 1. The molecule has 3 aliphatic rings. The number of likely N-dealkylation sites (tertiary alicyclic amines) is 1. The van der Waals surface area contributed by atoms with Crippen LogP contribution in [0.25, 0.3) is 6.08 Å². The Balaban J connectivity index is 1.28. The Labute approximate surface area is 202 Å². The number of aromatic nitrogens is 1. The second kappa shape index (κ2) is 8.43. The number of piperidine rings is 1. The Morgan fingerprint density at radius 3 is 2.80 bits per heavy atom. The van der Waals surface area contributed by atoms with Crippen LogP contribution in [-0.2, 0) is 13.1 Å². The van der Waals surface area contributed by atoms with E-state index >= 15 is 0 Å². The van der Waals surface area contributed by atoms with Gasteiger partial charge in [0.25, 0.3) is 5.56 Å². The highest BCUT2D eigenvalue weighted by atomic mass is 16.5. The summed E-state index contributed by atoms with van der Waals surface area (Å²) < 4.78 is 13.2. The maximum Gasteiger partial charge on any atom is 0.250 e. The first-order chi connectivity index (χ1) is 17.0. The largest absolute Gasteiger partial charge is 0.507 e. The van der Waals surface area contributed by atoms with Crippen LogP contribution in [0, 0.1) is 5.92 Å². The summed E-state index contributed by atoms with van der Waals surface area (Å²) in [6.07, 6.45) is 2.76. The van der Waals surface area contributed by atoms with Gasteiger partial charge in [-0.05, 0) is 54.3 Å². The molecule has 2 atom stereocenters. The molecule has 1 aromatic heterocycles. The lowest BCUT2D eigenvalue weighted by molar-refractivity contribution is 0.101. The molecular weight excluding hydrogens is 444 g/mol. The number of methoxy groups -OCH3 is 1. The van der Waals surface area contributed by atoms with E-state index in [1.54, 1.807) is 31.4 Å². The highest BCUT2D eigenvalue weighted by Gasteiger charge is 2.36. The van der Waals surface area contributed by atoms with Crippen molar-refractivity contribution in [3.63, 3.8) is 0 Å². The monoisotopic (exact) mass is 470 g/mol. The van der Waals surface area contributed by atoms with Crippen LogP contribution < -0.4 is 15.0 Å². The van der Waals surface area contributed by atoms with Gasteiger partial charge < -0.3 is 19.1 Å². The van der Waals surface area contributed by atoms with Gasteiger partial charge in [-0.1, -0.05) is 18.2 Å². The number of Topliss-reactive ketones (excluding diaryl/α,β-unsaturated/α-hetero) is 1. The van der Waals surface area contributed by atoms with Gasteiger partial charge in [-0.3, -0.25) is 14.5 Å². The van der Waals surface area contributed by atoms with Crippen LogP contribution in [0.15, 0.2) is 65.2 Å². The fourth-order valence-electron chi connectivity index (χ4n) is 5.68. The highest BCUT2D eigenvalue weighted by Crippen LogP contribution is 2.42. The Morgan fingerprint density at radius 2 is 1.94 bits per heavy atom. The van der Waals surface area contributed by atoms with Crippen molar-refractivity contribution in [1.29, 1.82) is 0 Å². The summed E-state index contributed by atoms with van der Waals surface area (Å²) in [4.78, 5) is 27.7. The minimum absolute atomic E-state index is 0.0615. The number of hydrogen-bond acceptors (Lipinski definition) is 6. The SMILES string of the molecule is COc1cccc(C=C2Oc3c(ccc(O)c3CN3C[C@@H]4C[C@@H](C3)c3cccc(=O)n3C4)C2=O)c1. The number of rotatable bonds is 4. The number of carbonyl (C=O) groups excluding carboxylic acids is 1. The number of phenolic OH excluding ortho intramolecular Hbond substituents is 1. The van der Waals surface area contributed by atoms with E-state index in [-0.39, 0.29) is 28.8 Å². The highest BCUT2D eigenvalue weighted by molar-refractivity contribution is 6.15. The lowest BCUT2D eigenvalue weighted by Gasteiger charge is -2.42. The van der Waals surface area contributed by atoms with Crippen molar-refractivity contribution in [3.05, 3.63) is 93.1 Å². The molecule has 178 valence electrons. The first-order valence-electron chi connectivity index (χ1n) is 11.9. The van der Waals surface area contributed by atoms with E-state index in [1.807, 2.05) is 41.0 Å². The summed E-state index contributed by atoms with van der Waals surface area (Å²) in [5, 5.41) is 10.7. The fourth-order valence-corrected chi connectivity index (χ4v) is 5.68. The number of carbonyl (C=O) groups is 1. The molecule has 0 radical (unpaired) electrons. The number of fused-ring (bicyclic) bond motifs is 5. The zero-order chi connectivity index (χ0) is 24.1. The third-order valence-electron chi connectivity index (χ3n) is 7.24. The topological polar surface area (TPSA) is 81.0 Å². The predicted molar refractivity (Wildman–Crippen MR) is 131 cm³/mol. The third kappa shape index (κ3) is 3.82. The van der Waals surface area contributed by atoms with Gasteiger partial charge in [0.2, 0.25) is 5.78 Å². The van der Waals surface area contributed by atoms with E-state index < -0.39 is 0 Å². The summed E-state index contributed by atoms with van der Waals surface area (Å²) in [6, 6.07) is 16.1. The van der Waals surface area contributed by atoms with E-state index in [2.05, 4.69) is 4.90 Å². The molecule has 7 heteroatoms. The fraction of sp³-hybridized carbons (Fsp3) is 0.286. The van der Waals surface area contributed by atoms with Crippen LogP contribution in [-0.4, -0.2) is 40.6 Å². The van der Waals surface area contributed by atoms with E-state index in [9.17, 15) is 14.7 Å². The van der Waals surface area contributed by atoms with Crippen LogP contribution in [0.5, 0.6) is 17.2 Å². The average Bonchev–Trinajstić information content (AvgIpc) is 3.17. The number of ether oxygens (including phenoxy) is 2. The van der Waals surface area contributed by atoms with Gasteiger partial charge in [-0.2, -0.15) is 0 Å². The number of nitrogens with zero attached hydrogens (tertiary/aromatic N) is 2. The van der Waals surface area contributed by atoms with Crippen molar-refractivity contribution < 1.29 is 19.4 Å². The molecule has 2 aromatic carbocycles. The normalized spacial score (nSPS) is 22.0. The molecule has 0 amide bonds. The van der Waals surface area contributed by atoms with Crippen molar-refractivity contribution in [3.8, 4) is 17.2 Å². The molecule has 3 aromatic rings. The maximum absolute atomic E-state index is 13.1. The van der Waals surface area contributed by atoms with Crippen LogP contribution in [0.3, 0.4) is 0 Å². The zero-order valence-electron chi connectivity index (χ0n) is 19.4. The predicted octanol–water partition coefficient (Wildman–Crippen LogP) is 3.80. The number of phenols is 1. The molecule has 35 heavy (non-hydrogen) atoms. The van der Waals surface area contributed by atoms with Crippen LogP contribution in [0.2, 0.25) is 0 Å². The summed E-state index contributed by atoms with van der Waals surface area (Å²) >= 11 is 0. The number of pyridine rings is 1. The summed E-state index contributed by atoms with van der Waals surface area (Å²) in [5.41, 5.74) is 3.02. The van der Waals surface area contributed by atoms with Crippen LogP contribution in [0.1, 0.15) is 39.5 Å². The third-order valence-corrected chi connectivity index (χ3v) is 7.24. The summed E-state index contributed by atoms with van der Waals surface area (Å²) in [5.74, 6) is 1.90. The van der Waals surface area contributed by atoms with Gasteiger partial charge in [-0.15, -0.1) is 0 Å². The van der Waals surface area contributed by atoms with Crippen molar-refractivity contribution in [2.45, 2.75) is 25.4 Å². The van der Waals surface area contributed by atoms with E-state index in [4.69, 9.17) is 9.47 Å². The molecule has 4 heterocycles. The molecule has 1 saturated heterocycles. The van der Waals surface area contributed by atoms with Crippen molar-refractivity contribution in [1.82, 2.24) is 9.47 Å². The Hall–Kier alpha value is -3.84. The molecule has 2 bridgehead atoms. The molecule has 6 rings (SSSR count). The van der Waals surface area contributed by atoms with Crippen molar-refractivity contribution >= 4 is 11.9 Å². The zero-order valence-corrected chi connectivity index (χ0v) is 19.4. The minimum atomic E-state index is -0.201. The van der Waals surface area contributed by atoms with E-state index in [1.165, 1.54) is 0 Å². The first-order valence-corrected chi connectivity index (χ1v) is 11.9. The smallest absolute Gasteiger partial charge is 0.250 e. The van der Waals surface area contributed by atoms with E-state index in [0.717, 1.165) is 30.8 Å².